The molecule has 242 valence electrons. The molecule has 0 aliphatic heterocycles. The minimum atomic E-state index is -0.177. The number of aryl methyl sites for hydroxylation is 1. The Morgan fingerprint density at radius 1 is 0.932 bits per heavy atom. The van der Waals surface area contributed by atoms with E-state index in [-0.39, 0.29) is 16.8 Å². The van der Waals surface area contributed by atoms with E-state index >= 15 is 0 Å². The van der Waals surface area contributed by atoms with Gasteiger partial charge in [-0.2, -0.15) is 0 Å². The van der Waals surface area contributed by atoms with Gasteiger partial charge in [0.1, 0.15) is 12.3 Å². The van der Waals surface area contributed by atoms with E-state index in [0.29, 0.717) is 56.5 Å². The highest BCUT2D eigenvalue weighted by atomic mass is 16.5. The van der Waals surface area contributed by atoms with Gasteiger partial charge in [-0.25, -0.2) is 0 Å². The molecule has 1 heterocycles. The molecule has 1 aromatic rings. The first kappa shape index (κ1) is 35.5. The van der Waals surface area contributed by atoms with Gasteiger partial charge in [-0.3, -0.25) is 9.48 Å². The van der Waals surface area contributed by atoms with Crippen molar-refractivity contribution in [3.63, 3.8) is 0 Å². The second-order valence-corrected chi connectivity index (χ2v) is 14.1. The van der Waals surface area contributed by atoms with Crippen LogP contribution in [0.5, 0.6) is 0 Å². The largest absolute Gasteiger partial charge is 0.461 e. The summed E-state index contributed by atoms with van der Waals surface area (Å²) in [6.07, 6.45) is 14.3. The highest BCUT2D eigenvalue weighted by Gasteiger charge is 2.40. The van der Waals surface area contributed by atoms with Crippen LogP contribution in [-0.4, -0.2) is 34.2 Å². The first-order valence-corrected chi connectivity index (χ1v) is 16.4. The molecule has 3 rings (SSSR count). The molecule has 0 bridgehead atoms. The molecule has 2 saturated carbocycles. The van der Waals surface area contributed by atoms with Gasteiger partial charge >= 0.3 is 5.97 Å². The van der Waals surface area contributed by atoms with E-state index in [1.54, 1.807) is 0 Å². The van der Waals surface area contributed by atoms with Crippen LogP contribution in [0.1, 0.15) is 91.2 Å². The number of nitrogens with zero attached hydrogens (tertiary/aromatic N) is 3. The molecule has 0 N–H and O–H groups in total. The highest BCUT2D eigenvalue weighted by molar-refractivity contribution is 5.69. The van der Waals surface area contributed by atoms with E-state index in [4.69, 9.17) is 9.47 Å². The standard InChI is InChI=1S/C38H57N3O3/c1-11-37(9)18-16-31(21-34(37)27(3)4)29(7)24-43-26-33-23-41(40-39-33)20-14-13-15-36(42)44-25-30(8)32-17-19-38(10,12-2)35(22-32)28(5)6/h11-12,23,31-32,34-35H,1-3,5,7-8,13-22,24-26H2,4,6,9-10H3/t31-,32-,34+,35+,37-,38-/m1/s1. The lowest BCUT2D eigenvalue weighted by Crippen LogP contribution is -2.34. The van der Waals surface area contributed by atoms with Crippen molar-refractivity contribution in [1.29, 1.82) is 0 Å². The van der Waals surface area contributed by atoms with Gasteiger partial charge in [-0.15, -0.1) is 18.3 Å². The fourth-order valence-corrected chi connectivity index (χ4v) is 7.25. The minimum absolute atomic E-state index is 0.0744. The highest BCUT2D eigenvalue weighted by Crippen LogP contribution is 2.49. The maximum Gasteiger partial charge on any atom is 0.306 e. The molecule has 0 aromatic carbocycles. The summed E-state index contributed by atoms with van der Waals surface area (Å²) in [5.74, 6) is 1.39. The summed E-state index contributed by atoms with van der Waals surface area (Å²) in [6.45, 7) is 35.9. The van der Waals surface area contributed by atoms with Gasteiger partial charge in [0.15, 0.2) is 0 Å². The smallest absolute Gasteiger partial charge is 0.306 e. The van der Waals surface area contributed by atoms with Crippen molar-refractivity contribution in [3.8, 4) is 0 Å². The Hall–Kier alpha value is -2.99. The van der Waals surface area contributed by atoms with Crippen molar-refractivity contribution in [2.24, 2.45) is 34.5 Å². The zero-order valence-corrected chi connectivity index (χ0v) is 28.0. The molecule has 0 unspecified atom stereocenters. The van der Waals surface area contributed by atoms with Gasteiger partial charge in [0.2, 0.25) is 0 Å². The fraction of sp³-hybridized carbons (Fsp3) is 0.605. The lowest BCUT2D eigenvalue weighted by atomic mass is 9.61. The summed E-state index contributed by atoms with van der Waals surface area (Å²) in [5.41, 5.74) is 5.51. The molecule has 6 heteroatoms. The van der Waals surface area contributed by atoms with Crippen LogP contribution in [-0.2, 0) is 27.4 Å². The van der Waals surface area contributed by atoms with Crippen molar-refractivity contribution in [2.45, 2.75) is 98.6 Å². The number of carbonyl (C=O) groups excluding carboxylic acids is 1. The number of hydrogen-bond donors (Lipinski definition) is 0. The second-order valence-electron chi connectivity index (χ2n) is 14.1. The number of rotatable bonds is 17. The van der Waals surface area contributed by atoms with E-state index in [9.17, 15) is 4.79 Å². The lowest BCUT2D eigenvalue weighted by Gasteiger charge is -2.43. The van der Waals surface area contributed by atoms with Crippen LogP contribution in [0.15, 0.2) is 80.1 Å². The van der Waals surface area contributed by atoms with Crippen LogP contribution < -0.4 is 0 Å². The predicted octanol–water partition coefficient (Wildman–Crippen LogP) is 8.99. The molecular formula is C38H57N3O3. The first-order valence-electron chi connectivity index (χ1n) is 16.4. The van der Waals surface area contributed by atoms with Gasteiger partial charge in [0.25, 0.3) is 0 Å². The fourth-order valence-electron chi connectivity index (χ4n) is 7.25. The molecular weight excluding hydrogens is 546 g/mol. The molecule has 6 nitrogen and oxygen atoms in total. The Labute approximate surface area is 267 Å². The van der Waals surface area contributed by atoms with E-state index < -0.39 is 0 Å². The summed E-state index contributed by atoms with van der Waals surface area (Å²) >= 11 is 0. The minimum Gasteiger partial charge on any atom is -0.461 e. The van der Waals surface area contributed by atoms with Crippen LogP contribution in [0, 0.1) is 34.5 Å². The average Bonchev–Trinajstić information content (AvgIpc) is 3.45. The maximum atomic E-state index is 12.4. The summed E-state index contributed by atoms with van der Waals surface area (Å²) in [5, 5.41) is 8.48. The first-order chi connectivity index (χ1) is 20.8. The number of esters is 1. The number of hydrogen-bond acceptors (Lipinski definition) is 5. The molecule has 44 heavy (non-hydrogen) atoms. The Morgan fingerprint density at radius 3 is 2.00 bits per heavy atom. The molecule has 6 atom stereocenters. The van der Waals surface area contributed by atoms with Crippen LogP contribution in [0.2, 0.25) is 0 Å². The molecule has 2 aliphatic rings. The van der Waals surface area contributed by atoms with E-state index in [1.807, 2.05) is 10.9 Å². The van der Waals surface area contributed by atoms with E-state index in [0.717, 1.165) is 68.2 Å². The number of aromatic nitrogens is 3. The maximum absolute atomic E-state index is 12.4. The van der Waals surface area contributed by atoms with E-state index in [2.05, 4.69) is 89.6 Å². The summed E-state index contributed by atoms with van der Waals surface area (Å²) in [4.78, 5) is 12.4. The quantitative estimate of drug-likeness (QED) is 0.101. The Balaban J connectivity index is 1.31. The SMILES string of the molecule is C=C[C@]1(C)CC[C@@H](C(=C)COCc2cn(CCCCC(=O)OCC(=C)[C@@H]3CC[C@@](C)(C=C)[C@H](C(=C)C)C3)nn2)C[C@H]1C(=C)C. The van der Waals surface area contributed by atoms with Gasteiger partial charge in [0.05, 0.1) is 19.4 Å². The second kappa shape index (κ2) is 15.8. The van der Waals surface area contributed by atoms with Crippen LogP contribution in [0.4, 0.5) is 0 Å². The number of ether oxygens (including phenoxy) is 2. The molecule has 0 amide bonds. The Morgan fingerprint density at radius 2 is 1.48 bits per heavy atom. The third-order valence-electron chi connectivity index (χ3n) is 10.5. The number of allylic oxidation sites excluding steroid dienone is 4. The molecule has 2 aliphatic carbocycles. The van der Waals surface area contributed by atoms with Crippen LogP contribution in [0.25, 0.3) is 0 Å². The van der Waals surface area contributed by atoms with Gasteiger partial charge < -0.3 is 9.47 Å². The third kappa shape index (κ3) is 9.26. The van der Waals surface area contributed by atoms with Crippen molar-refractivity contribution in [3.05, 3.63) is 85.8 Å². The molecule has 0 radical (unpaired) electrons. The summed E-state index contributed by atoms with van der Waals surface area (Å²) in [6, 6.07) is 0. The molecule has 1 aromatic heterocycles. The van der Waals surface area contributed by atoms with Gasteiger partial charge in [-0.05, 0) is 111 Å². The zero-order chi connectivity index (χ0) is 32.5. The van der Waals surface area contributed by atoms with Crippen molar-refractivity contribution in [2.75, 3.05) is 13.2 Å². The van der Waals surface area contributed by atoms with Crippen LogP contribution >= 0.6 is 0 Å². The number of unbranched alkanes of at least 4 members (excludes halogenated alkanes) is 1. The lowest BCUT2D eigenvalue weighted by molar-refractivity contribution is -0.143. The number of carbonyl (C=O) groups is 1. The normalized spacial score (nSPS) is 28.5. The summed E-state index contributed by atoms with van der Waals surface area (Å²) < 4.78 is 13.4. The average molecular weight is 604 g/mol. The van der Waals surface area contributed by atoms with Crippen molar-refractivity contribution >= 4 is 5.97 Å². The Bertz CT molecular complexity index is 1230. The van der Waals surface area contributed by atoms with Gasteiger partial charge in [-0.1, -0.05) is 68.7 Å². The van der Waals surface area contributed by atoms with E-state index in [1.165, 1.54) is 11.1 Å². The summed E-state index contributed by atoms with van der Waals surface area (Å²) in [7, 11) is 0. The monoisotopic (exact) mass is 603 g/mol. The van der Waals surface area contributed by atoms with Gasteiger partial charge in [0, 0.05) is 13.0 Å². The predicted molar refractivity (Wildman–Crippen MR) is 181 cm³/mol. The van der Waals surface area contributed by atoms with Crippen molar-refractivity contribution < 1.29 is 14.3 Å². The zero-order valence-electron chi connectivity index (χ0n) is 28.0. The molecule has 0 spiro atoms. The topological polar surface area (TPSA) is 66.2 Å². The Kier molecular flexibility index (Phi) is 12.8. The van der Waals surface area contributed by atoms with Crippen LogP contribution in [0.3, 0.4) is 0 Å². The molecule has 0 saturated heterocycles. The third-order valence-corrected chi connectivity index (χ3v) is 10.5. The molecule has 2 fully saturated rings. The van der Waals surface area contributed by atoms with Crippen molar-refractivity contribution in [1.82, 2.24) is 15.0 Å².